The van der Waals surface area contributed by atoms with Crippen LogP contribution in [0.2, 0.25) is 0 Å². The van der Waals surface area contributed by atoms with Crippen molar-refractivity contribution in [2.75, 3.05) is 26.2 Å². The second-order valence-electron chi connectivity index (χ2n) is 7.04. The fourth-order valence-electron chi connectivity index (χ4n) is 3.51. The van der Waals surface area contributed by atoms with Crippen molar-refractivity contribution < 1.29 is 17.6 Å². The maximum absolute atomic E-state index is 13.1. The summed E-state index contributed by atoms with van der Waals surface area (Å²) >= 11 is 0. The van der Waals surface area contributed by atoms with Gasteiger partial charge in [-0.1, -0.05) is 18.2 Å². The number of carbonyl (C=O) groups is 1. The van der Waals surface area contributed by atoms with Crippen LogP contribution in [0, 0.1) is 12.7 Å². The van der Waals surface area contributed by atoms with Crippen LogP contribution < -0.4 is 0 Å². The zero-order chi connectivity index (χ0) is 21.3. The van der Waals surface area contributed by atoms with Crippen LogP contribution in [0.1, 0.15) is 16.1 Å². The molecule has 0 bridgehead atoms. The predicted octanol–water partition coefficient (Wildman–Crippen LogP) is 2.47. The van der Waals surface area contributed by atoms with Crippen molar-refractivity contribution in [3.63, 3.8) is 0 Å². The third kappa shape index (κ3) is 3.73. The highest BCUT2D eigenvalue weighted by Crippen LogP contribution is 2.20. The second-order valence-corrected chi connectivity index (χ2v) is 8.98. The summed E-state index contributed by atoms with van der Waals surface area (Å²) in [5, 5.41) is 4.34. The summed E-state index contributed by atoms with van der Waals surface area (Å²) in [6.07, 6.45) is 1.55. The van der Waals surface area contributed by atoms with Gasteiger partial charge in [-0.15, -0.1) is 0 Å². The summed E-state index contributed by atoms with van der Waals surface area (Å²) in [7, 11) is -3.72. The summed E-state index contributed by atoms with van der Waals surface area (Å²) in [4.78, 5) is 14.7. The molecule has 4 rings (SSSR count). The number of hydrogen-bond donors (Lipinski definition) is 0. The molecule has 1 fully saturated rings. The third-order valence-corrected chi connectivity index (χ3v) is 7.13. The van der Waals surface area contributed by atoms with Gasteiger partial charge in [-0.25, -0.2) is 17.5 Å². The monoisotopic (exact) mass is 428 g/mol. The van der Waals surface area contributed by atoms with Gasteiger partial charge in [0.15, 0.2) is 0 Å². The lowest BCUT2D eigenvalue weighted by atomic mass is 10.2. The first kappa shape index (κ1) is 20.2. The van der Waals surface area contributed by atoms with E-state index >= 15 is 0 Å². The van der Waals surface area contributed by atoms with E-state index in [-0.39, 0.29) is 37.0 Å². The molecule has 0 radical (unpaired) electrons. The van der Waals surface area contributed by atoms with Gasteiger partial charge in [0.25, 0.3) is 5.91 Å². The number of carbonyl (C=O) groups excluding carboxylic acids is 1. The number of benzene rings is 2. The molecule has 1 aromatic heterocycles. The fourth-order valence-corrected chi connectivity index (χ4v) is 4.93. The Morgan fingerprint density at radius 3 is 2.23 bits per heavy atom. The summed E-state index contributed by atoms with van der Waals surface area (Å²) in [6, 6.07) is 14.3. The molecule has 156 valence electrons. The number of aromatic nitrogens is 2. The molecule has 7 nitrogen and oxygen atoms in total. The molecular weight excluding hydrogens is 407 g/mol. The number of amides is 1. The Kier molecular flexibility index (Phi) is 5.40. The molecule has 2 aromatic carbocycles. The fraction of sp³-hybridized carbons (Fsp3) is 0.238. The van der Waals surface area contributed by atoms with E-state index in [0.29, 0.717) is 5.56 Å². The smallest absolute Gasteiger partial charge is 0.257 e. The quantitative estimate of drug-likeness (QED) is 0.640. The minimum atomic E-state index is -3.72. The highest BCUT2D eigenvalue weighted by molar-refractivity contribution is 7.89. The molecule has 1 aliphatic heterocycles. The number of halogens is 1. The van der Waals surface area contributed by atoms with Gasteiger partial charge in [-0.05, 0) is 43.3 Å². The summed E-state index contributed by atoms with van der Waals surface area (Å²) in [6.45, 7) is 2.74. The van der Waals surface area contributed by atoms with Crippen molar-refractivity contribution in [2.24, 2.45) is 0 Å². The standard InChI is InChI=1S/C21H21FN4O3S/c1-16-20(15-23-26(16)18-5-3-2-4-6-18)21(27)24-11-13-25(14-12-24)30(28,29)19-9-7-17(22)8-10-19/h2-10,15H,11-14H2,1H3. The highest BCUT2D eigenvalue weighted by atomic mass is 32.2. The minimum absolute atomic E-state index is 0.0451. The molecule has 0 spiro atoms. The van der Waals surface area contributed by atoms with Crippen molar-refractivity contribution in [1.82, 2.24) is 19.0 Å². The molecule has 0 aliphatic carbocycles. The van der Waals surface area contributed by atoms with E-state index in [1.807, 2.05) is 37.3 Å². The molecule has 1 amide bonds. The number of piperazine rings is 1. The molecular formula is C21H21FN4O3S. The first-order chi connectivity index (χ1) is 14.4. The van der Waals surface area contributed by atoms with Gasteiger partial charge < -0.3 is 4.90 Å². The van der Waals surface area contributed by atoms with Crippen molar-refractivity contribution in [3.8, 4) is 5.69 Å². The van der Waals surface area contributed by atoms with E-state index in [2.05, 4.69) is 5.10 Å². The van der Waals surface area contributed by atoms with Gasteiger partial charge in [-0.2, -0.15) is 9.40 Å². The average Bonchev–Trinajstić information content (AvgIpc) is 3.15. The van der Waals surface area contributed by atoms with Crippen molar-refractivity contribution in [3.05, 3.63) is 77.9 Å². The molecule has 1 aliphatic rings. The van der Waals surface area contributed by atoms with E-state index in [1.165, 1.54) is 16.4 Å². The Hall–Kier alpha value is -3.04. The predicted molar refractivity (Wildman–Crippen MR) is 109 cm³/mol. The Bertz CT molecular complexity index is 1150. The van der Waals surface area contributed by atoms with Crippen LogP contribution in [0.25, 0.3) is 5.69 Å². The van der Waals surface area contributed by atoms with Crippen LogP contribution in [0.5, 0.6) is 0 Å². The molecule has 0 atom stereocenters. The van der Waals surface area contributed by atoms with E-state index < -0.39 is 15.8 Å². The van der Waals surface area contributed by atoms with Gasteiger partial charge in [0.1, 0.15) is 5.82 Å². The lowest BCUT2D eigenvalue weighted by Crippen LogP contribution is -2.50. The number of nitrogens with zero attached hydrogens (tertiary/aromatic N) is 4. The Labute approximate surface area is 174 Å². The first-order valence-corrected chi connectivity index (χ1v) is 11.0. The summed E-state index contributed by atoms with van der Waals surface area (Å²) < 4.78 is 41.6. The molecule has 2 heterocycles. The maximum atomic E-state index is 13.1. The Morgan fingerprint density at radius 1 is 0.967 bits per heavy atom. The average molecular weight is 428 g/mol. The maximum Gasteiger partial charge on any atom is 0.257 e. The SMILES string of the molecule is Cc1c(C(=O)N2CCN(S(=O)(=O)c3ccc(F)cc3)CC2)cnn1-c1ccccc1. The normalized spacial score (nSPS) is 15.3. The zero-order valence-electron chi connectivity index (χ0n) is 16.4. The number of hydrogen-bond acceptors (Lipinski definition) is 4. The van der Waals surface area contributed by atoms with E-state index in [4.69, 9.17) is 0 Å². The molecule has 0 N–H and O–H groups in total. The van der Waals surface area contributed by atoms with Gasteiger partial charge in [0.2, 0.25) is 10.0 Å². The number of rotatable bonds is 4. The summed E-state index contributed by atoms with van der Waals surface area (Å²) in [5.74, 6) is -0.663. The van der Waals surface area contributed by atoms with Crippen LogP contribution in [0.3, 0.4) is 0 Å². The Morgan fingerprint density at radius 2 is 1.60 bits per heavy atom. The van der Waals surface area contributed by atoms with Crippen molar-refractivity contribution >= 4 is 15.9 Å². The van der Waals surface area contributed by atoms with Crippen LogP contribution in [-0.4, -0.2) is 59.5 Å². The van der Waals surface area contributed by atoms with Crippen LogP contribution in [0.4, 0.5) is 4.39 Å². The van der Waals surface area contributed by atoms with E-state index in [1.54, 1.807) is 15.8 Å². The van der Waals surface area contributed by atoms with Gasteiger partial charge in [-0.3, -0.25) is 4.79 Å². The van der Waals surface area contributed by atoms with Gasteiger partial charge in [0, 0.05) is 26.2 Å². The van der Waals surface area contributed by atoms with Crippen LogP contribution in [0.15, 0.2) is 65.7 Å². The van der Waals surface area contributed by atoms with E-state index in [0.717, 1.165) is 23.5 Å². The molecule has 0 unspecified atom stereocenters. The molecule has 9 heteroatoms. The zero-order valence-corrected chi connectivity index (χ0v) is 17.2. The highest BCUT2D eigenvalue weighted by Gasteiger charge is 2.31. The second kappa shape index (κ2) is 8.00. The summed E-state index contributed by atoms with van der Waals surface area (Å²) in [5.41, 5.74) is 2.09. The van der Waals surface area contributed by atoms with Crippen molar-refractivity contribution in [2.45, 2.75) is 11.8 Å². The largest absolute Gasteiger partial charge is 0.336 e. The Balaban J connectivity index is 1.46. The van der Waals surface area contributed by atoms with E-state index in [9.17, 15) is 17.6 Å². The molecule has 1 saturated heterocycles. The van der Waals surface area contributed by atoms with Crippen molar-refractivity contribution in [1.29, 1.82) is 0 Å². The minimum Gasteiger partial charge on any atom is -0.336 e. The molecule has 30 heavy (non-hydrogen) atoms. The third-order valence-electron chi connectivity index (χ3n) is 5.22. The van der Waals surface area contributed by atoms with Gasteiger partial charge >= 0.3 is 0 Å². The van der Waals surface area contributed by atoms with Crippen LogP contribution in [-0.2, 0) is 10.0 Å². The molecule has 0 saturated carbocycles. The lowest BCUT2D eigenvalue weighted by molar-refractivity contribution is 0.0697. The number of sulfonamides is 1. The topological polar surface area (TPSA) is 75.5 Å². The van der Waals surface area contributed by atoms with Crippen LogP contribution >= 0.6 is 0 Å². The first-order valence-electron chi connectivity index (χ1n) is 9.53. The lowest BCUT2D eigenvalue weighted by Gasteiger charge is -2.34. The number of para-hydroxylation sites is 1. The molecule has 3 aromatic rings. The van der Waals surface area contributed by atoms with Gasteiger partial charge in [0.05, 0.1) is 28.0 Å².